The Balaban J connectivity index is 2.58. The lowest BCUT2D eigenvalue weighted by Gasteiger charge is -2.22. The second-order valence-electron chi connectivity index (χ2n) is 4.13. The van der Waals surface area contributed by atoms with E-state index in [1.807, 2.05) is 32.2 Å². The molecule has 0 aliphatic heterocycles. The molecule has 0 fully saturated rings. The number of rotatable bonds is 4. The van der Waals surface area contributed by atoms with Crippen molar-refractivity contribution in [1.29, 1.82) is 0 Å². The highest BCUT2D eigenvalue weighted by molar-refractivity contribution is 5.80. The quantitative estimate of drug-likeness (QED) is 0.831. The highest BCUT2D eigenvalue weighted by Gasteiger charge is 2.17. The van der Waals surface area contributed by atoms with Crippen molar-refractivity contribution in [3.05, 3.63) is 30.1 Å². The Morgan fingerprint density at radius 2 is 2.12 bits per heavy atom. The lowest BCUT2D eigenvalue weighted by molar-refractivity contribution is -0.130. The fourth-order valence-corrected chi connectivity index (χ4v) is 1.56. The summed E-state index contributed by atoms with van der Waals surface area (Å²) in [6, 6.07) is 3.82. The zero-order valence-corrected chi connectivity index (χ0v) is 10.3. The van der Waals surface area contributed by atoms with Crippen molar-refractivity contribution in [3.63, 3.8) is 0 Å². The van der Waals surface area contributed by atoms with Crippen LogP contribution in [0.15, 0.2) is 24.5 Å². The van der Waals surface area contributed by atoms with E-state index in [9.17, 15) is 4.79 Å². The highest BCUT2D eigenvalue weighted by atomic mass is 16.2. The molecule has 0 aromatic carbocycles. The second kappa shape index (κ2) is 5.61. The van der Waals surface area contributed by atoms with Crippen LogP contribution in [0.2, 0.25) is 0 Å². The molecule has 2 atom stereocenters. The van der Waals surface area contributed by atoms with E-state index in [1.165, 1.54) is 0 Å². The van der Waals surface area contributed by atoms with Crippen molar-refractivity contribution in [2.75, 3.05) is 14.1 Å². The van der Waals surface area contributed by atoms with Gasteiger partial charge in [-0.3, -0.25) is 15.1 Å². The van der Waals surface area contributed by atoms with Crippen LogP contribution in [0, 0.1) is 0 Å². The predicted octanol–water partition coefficient (Wildman–Crippen LogP) is 1.21. The number of aromatic nitrogens is 1. The van der Waals surface area contributed by atoms with E-state index in [-0.39, 0.29) is 18.0 Å². The molecule has 1 N–H and O–H groups in total. The van der Waals surface area contributed by atoms with Crippen molar-refractivity contribution in [2.45, 2.75) is 25.9 Å². The van der Waals surface area contributed by atoms with Crippen LogP contribution in [0.4, 0.5) is 0 Å². The number of nitrogens with one attached hydrogen (secondary N) is 1. The third kappa shape index (κ3) is 3.31. The number of likely N-dealkylation sites (N-methyl/N-ethyl adjacent to an activating group) is 1. The molecule has 1 aromatic rings. The number of carbonyl (C=O) groups excluding carboxylic acids is 1. The van der Waals surface area contributed by atoms with Gasteiger partial charge < -0.3 is 4.90 Å². The normalized spacial score (nSPS) is 14.2. The molecule has 1 heterocycles. The van der Waals surface area contributed by atoms with Crippen molar-refractivity contribution in [3.8, 4) is 0 Å². The smallest absolute Gasteiger partial charge is 0.238 e. The summed E-state index contributed by atoms with van der Waals surface area (Å²) in [5.74, 6) is 0.0794. The van der Waals surface area contributed by atoms with Crippen LogP contribution < -0.4 is 5.32 Å². The third-order valence-corrected chi connectivity index (χ3v) is 2.50. The van der Waals surface area contributed by atoms with E-state index in [0.717, 1.165) is 5.56 Å². The van der Waals surface area contributed by atoms with Gasteiger partial charge in [-0.15, -0.1) is 0 Å². The number of hydrogen-bond donors (Lipinski definition) is 1. The Bertz CT molecular complexity index is 337. The monoisotopic (exact) mass is 221 g/mol. The van der Waals surface area contributed by atoms with Gasteiger partial charge in [0.05, 0.1) is 6.04 Å². The maximum absolute atomic E-state index is 11.7. The molecule has 4 heteroatoms. The van der Waals surface area contributed by atoms with Crippen LogP contribution in [0.25, 0.3) is 0 Å². The van der Waals surface area contributed by atoms with Crippen LogP contribution in [0.5, 0.6) is 0 Å². The van der Waals surface area contributed by atoms with Gasteiger partial charge in [-0.2, -0.15) is 0 Å². The van der Waals surface area contributed by atoms with Gasteiger partial charge in [-0.05, 0) is 25.5 Å². The largest absolute Gasteiger partial charge is 0.347 e. The summed E-state index contributed by atoms with van der Waals surface area (Å²) >= 11 is 0. The zero-order valence-electron chi connectivity index (χ0n) is 10.3. The molecule has 0 bridgehead atoms. The van der Waals surface area contributed by atoms with Gasteiger partial charge in [-0.25, -0.2) is 0 Å². The maximum Gasteiger partial charge on any atom is 0.238 e. The fraction of sp³-hybridized carbons (Fsp3) is 0.500. The SMILES string of the molecule is CC(N[C@H](C)c1cccnc1)C(=O)N(C)C. The van der Waals surface area contributed by atoms with Crippen LogP contribution in [0.3, 0.4) is 0 Å². The van der Waals surface area contributed by atoms with E-state index in [1.54, 1.807) is 25.2 Å². The first-order valence-corrected chi connectivity index (χ1v) is 5.39. The molecule has 16 heavy (non-hydrogen) atoms. The molecular weight excluding hydrogens is 202 g/mol. The summed E-state index contributed by atoms with van der Waals surface area (Å²) in [7, 11) is 3.52. The van der Waals surface area contributed by atoms with Gasteiger partial charge >= 0.3 is 0 Å². The van der Waals surface area contributed by atoms with Gasteiger partial charge in [0.1, 0.15) is 0 Å². The molecule has 1 aromatic heterocycles. The van der Waals surface area contributed by atoms with E-state index in [4.69, 9.17) is 0 Å². The first kappa shape index (κ1) is 12.6. The highest BCUT2D eigenvalue weighted by Crippen LogP contribution is 2.10. The molecule has 1 amide bonds. The lowest BCUT2D eigenvalue weighted by atomic mass is 10.1. The first-order chi connectivity index (χ1) is 7.52. The van der Waals surface area contributed by atoms with Gasteiger partial charge in [0.2, 0.25) is 5.91 Å². The van der Waals surface area contributed by atoms with Crippen molar-refractivity contribution >= 4 is 5.91 Å². The van der Waals surface area contributed by atoms with Crippen LogP contribution >= 0.6 is 0 Å². The molecule has 1 rings (SSSR count). The molecule has 0 radical (unpaired) electrons. The van der Waals surface area contributed by atoms with Crippen LogP contribution in [-0.2, 0) is 4.79 Å². The topological polar surface area (TPSA) is 45.2 Å². The molecule has 0 saturated carbocycles. The molecule has 1 unspecified atom stereocenters. The van der Waals surface area contributed by atoms with Gasteiger partial charge in [0.15, 0.2) is 0 Å². The van der Waals surface area contributed by atoms with E-state index in [0.29, 0.717) is 0 Å². The van der Waals surface area contributed by atoms with Crippen molar-refractivity contribution in [2.24, 2.45) is 0 Å². The number of carbonyl (C=O) groups is 1. The average molecular weight is 221 g/mol. The predicted molar refractivity (Wildman–Crippen MR) is 63.9 cm³/mol. The van der Waals surface area contributed by atoms with Gasteiger partial charge in [0.25, 0.3) is 0 Å². The lowest BCUT2D eigenvalue weighted by Crippen LogP contribution is -2.42. The van der Waals surface area contributed by atoms with Crippen LogP contribution in [0.1, 0.15) is 25.5 Å². The van der Waals surface area contributed by atoms with Crippen LogP contribution in [-0.4, -0.2) is 35.9 Å². The Morgan fingerprint density at radius 3 is 2.62 bits per heavy atom. The molecular formula is C12H19N3O. The summed E-state index contributed by atoms with van der Waals surface area (Å²) in [6.45, 7) is 3.89. The van der Waals surface area contributed by atoms with E-state index < -0.39 is 0 Å². The Morgan fingerprint density at radius 1 is 1.44 bits per heavy atom. The second-order valence-corrected chi connectivity index (χ2v) is 4.13. The number of amides is 1. The Labute approximate surface area is 96.7 Å². The molecule has 0 spiro atoms. The van der Waals surface area contributed by atoms with Crippen molar-refractivity contribution < 1.29 is 4.79 Å². The molecule has 4 nitrogen and oxygen atoms in total. The first-order valence-electron chi connectivity index (χ1n) is 5.39. The van der Waals surface area contributed by atoms with Gasteiger partial charge in [0, 0.05) is 32.5 Å². The minimum absolute atomic E-state index is 0.0794. The molecule has 0 saturated heterocycles. The Hall–Kier alpha value is -1.42. The average Bonchev–Trinajstić information content (AvgIpc) is 2.28. The standard InChI is InChI=1S/C12H19N3O/c1-9(11-6-5-7-13-8-11)14-10(2)12(16)15(3)4/h5-10,14H,1-4H3/t9-,10?/m1/s1. The minimum Gasteiger partial charge on any atom is -0.347 e. The minimum atomic E-state index is -0.190. The van der Waals surface area contributed by atoms with E-state index in [2.05, 4.69) is 10.3 Å². The Kier molecular flexibility index (Phi) is 4.43. The molecule has 0 aliphatic carbocycles. The fourth-order valence-electron chi connectivity index (χ4n) is 1.56. The summed E-state index contributed by atoms with van der Waals surface area (Å²) in [4.78, 5) is 17.3. The summed E-state index contributed by atoms with van der Waals surface area (Å²) in [5.41, 5.74) is 1.08. The maximum atomic E-state index is 11.7. The van der Waals surface area contributed by atoms with Crippen molar-refractivity contribution in [1.82, 2.24) is 15.2 Å². The van der Waals surface area contributed by atoms with Gasteiger partial charge in [-0.1, -0.05) is 6.07 Å². The number of nitrogens with zero attached hydrogens (tertiary/aromatic N) is 2. The zero-order chi connectivity index (χ0) is 12.1. The molecule has 88 valence electrons. The summed E-state index contributed by atoms with van der Waals surface area (Å²) < 4.78 is 0. The summed E-state index contributed by atoms with van der Waals surface area (Å²) in [6.07, 6.45) is 3.55. The number of hydrogen-bond acceptors (Lipinski definition) is 3. The summed E-state index contributed by atoms with van der Waals surface area (Å²) in [5, 5.41) is 3.25. The third-order valence-electron chi connectivity index (χ3n) is 2.50. The van der Waals surface area contributed by atoms with E-state index >= 15 is 0 Å². The number of pyridine rings is 1. The molecule has 0 aliphatic rings.